The number of carbonyl (C=O) groups is 1. The normalized spacial score (nSPS) is 11.7. The molecule has 0 saturated carbocycles. The Morgan fingerprint density at radius 1 is 1.58 bits per heavy atom. The molecule has 0 aromatic carbocycles. The summed E-state index contributed by atoms with van der Waals surface area (Å²) in [6, 6.07) is 0.840. The van der Waals surface area contributed by atoms with Crippen LogP contribution in [0.15, 0.2) is 12.3 Å². The van der Waals surface area contributed by atoms with Crippen LogP contribution in [0.4, 0.5) is 11.5 Å². The third-order valence-electron chi connectivity index (χ3n) is 2.50. The molecule has 0 spiro atoms. The van der Waals surface area contributed by atoms with Crippen molar-refractivity contribution in [3.63, 3.8) is 0 Å². The average molecular weight is 266 g/mol. The highest BCUT2D eigenvalue weighted by Gasteiger charge is 2.20. The second-order valence-electron chi connectivity index (χ2n) is 4.29. The van der Waals surface area contributed by atoms with Crippen LogP contribution in [0, 0.1) is 17.0 Å². The number of nitro groups is 1. The van der Waals surface area contributed by atoms with E-state index in [9.17, 15) is 14.9 Å². The first-order chi connectivity index (χ1) is 8.95. The molecule has 19 heavy (non-hydrogen) atoms. The van der Waals surface area contributed by atoms with Crippen LogP contribution in [0.5, 0.6) is 0 Å². The molecular formula is C12H18N4O3. The molecule has 0 aliphatic heterocycles. The summed E-state index contributed by atoms with van der Waals surface area (Å²) in [7, 11) is 0. The van der Waals surface area contributed by atoms with Gasteiger partial charge in [-0.15, -0.1) is 0 Å². The second kappa shape index (κ2) is 6.67. The molecule has 104 valence electrons. The van der Waals surface area contributed by atoms with Crippen LogP contribution < -0.4 is 10.6 Å². The Bertz CT molecular complexity index is 476. The predicted molar refractivity (Wildman–Crippen MR) is 72.0 cm³/mol. The van der Waals surface area contributed by atoms with E-state index >= 15 is 0 Å². The van der Waals surface area contributed by atoms with Gasteiger partial charge < -0.3 is 10.6 Å². The molecule has 0 radical (unpaired) electrons. The Morgan fingerprint density at radius 3 is 2.84 bits per heavy atom. The van der Waals surface area contributed by atoms with Gasteiger partial charge in [0.25, 0.3) is 0 Å². The van der Waals surface area contributed by atoms with E-state index in [0.29, 0.717) is 12.1 Å². The van der Waals surface area contributed by atoms with Crippen LogP contribution in [0.25, 0.3) is 0 Å². The third kappa shape index (κ3) is 4.20. The number of nitrogens with zero attached hydrogens (tertiary/aromatic N) is 2. The number of anilines is 1. The van der Waals surface area contributed by atoms with E-state index in [0.717, 1.165) is 6.42 Å². The minimum absolute atomic E-state index is 0.106. The fraction of sp³-hybridized carbons (Fsp3) is 0.500. The first kappa shape index (κ1) is 14.9. The summed E-state index contributed by atoms with van der Waals surface area (Å²) in [5, 5.41) is 16.4. The number of amides is 1. The molecule has 1 atom stereocenters. The van der Waals surface area contributed by atoms with Gasteiger partial charge >= 0.3 is 5.69 Å². The highest BCUT2D eigenvalue weighted by atomic mass is 16.6. The topological polar surface area (TPSA) is 97.2 Å². The maximum Gasteiger partial charge on any atom is 0.311 e. The Hall–Kier alpha value is -2.18. The lowest BCUT2D eigenvalue weighted by Crippen LogP contribution is -2.38. The standard InChI is InChI=1S/C12H18N4O3/c1-4-5-13-12(17)9(3)15-11-10(16(18)19)6-8(2)7-14-11/h6-7,9H,4-5H2,1-3H3,(H,13,17)(H,14,15). The number of aryl methyl sites for hydroxylation is 1. The van der Waals surface area contributed by atoms with E-state index in [2.05, 4.69) is 15.6 Å². The summed E-state index contributed by atoms with van der Waals surface area (Å²) in [6.07, 6.45) is 2.35. The SMILES string of the molecule is CCCNC(=O)C(C)Nc1ncc(C)cc1[N+](=O)[O-]. The zero-order chi connectivity index (χ0) is 14.4. The minimum atomic E-state index is -0.583. The predicted octanol–water partition coefficient (Wildman–Crippen LogP) is 1.62. The lowest BCUT2D eigenvalue weighted by atomic mass is 10.2. The Kier molecular flexibility index (Phi) is 5.23. The summed E-state index contributed by atoms with van der Waals surface area (Å²) in [5.74, 6) is -0.103. The van der Waals surface area contributed by atoms with E-state index < -0.39 is 11.0 Å². The molecule has 0 aliphatic carbocycles. The molecule has 0 fully saturated rings. The monoisotopic (exact) mass is 266 g/mol. The van der Waals surface area contributed by atoms with Crippen LogP contribution in [-0.2, 0) is 4.79 Å². The van der Waals surface area contributed by atoms with Gasteiger partial charge in [-0.1, -0.05) is 6.92 Å². The van der Waals surface area contributed by atoms with Crippen LogP contribution in [0.2, 0.25) is 0 Å². The van der Waals surface area contributed by atoms with Gasteiger partial charge in [0, 0.05) is 18.8 Å². The van der Waals surface area contributed by atoms with E-state index in [1.54, 1.807) is 13.8 Å². The van der Waals surface area contributed by atoms with Crippen molar-refractivity contribution in [3.8, 4) is 0 Å². The van der Waals surface area contributed by atoms with Crippen molar-refractivity contribution in [1.82, 2.24) is 10.3 Å². The lowest BCUT2D eigenvalue weighted by molar-refractivity contribution is -0.384. The maximum atomic E-state index is 11.7. The molecule has 7 heteroatoms. The number of pyridine rings is 1. The molecule has 2 N–H and O–H groups in total. The smallest absolute Gasteiger partial charge is 0.311 e. The van der Waals surface area contributed by atoms with Crippen molar-refractivity contribution in [1.29, 1.82) is 0 Å². The number of hydrogen-bond donors (Lipinski definition) is 2. The zero-order valence-corrected chi connectivity index (χ0v) is 11.3. The summed E-state index contributed by atoms with van der Waals surface area (Å²) in [6.45, 7) is 5.89. The molecule has 7 nitrogen and oxygen atoms in total. The Morgan fingerprint density at radius 2 is 2.26 bits per heavy atom. The van der Waals surface area contributed by atoms with Gasteiger partial charge in [0.15, 0.2) is 0 Å². The van der Waals surface area contributed by atoms with Crippen LogP contribution in [0.1, 0.15) is 25.8 Å². The van der Waals surface area contributed by atoms with Crippen LogP contribution in [-0.4, -0.2) is 28.4 Å². The molecule has 1 amide bonds. The first-order valence-corrected chi connectivity index (χ1v) is 6.11. The first-order valence-electron chi connectivity index (χ1n) is 6.11. The average Bonchev–Trinajstić information content (AvgIpc) is 2.37. The molecule has 0 saturated heterocycles. The maximum absolute atomic E-state index is 11.7. The van der Waals surface area contributed by atoms with Gasteiger partial charge in [-0.3, -0.25) is 14.9 Å². The van der Waals surface area contributed by atoms with E-state index in [4.69, 9.17) is 0 Å². The van der Waals surface area contributed by atoms with Gasteiger partial charge in [0.2, 0.25) is 11.7 Å². The fourth-order valence-corrected chi connectivity index (χ4v) is 1.48. The second-order valence-corrected chi connectivity index (χ2v) is 4.29. The number of carbonyl (C=O) groups excluding carboxylic acids is 1. The quantitative estimate of drug-likeness (QED) is 0.602. The summed E-state index contributed by atoms with van der Waals surface area (Å²) < 4.78 is 0. The van der Waals surface area contributed by atoms with E-state index in [1.807, 2.05) is 6.92 Å². The van der Waals surface area contributed by atoms with E-state index in [1.165, 1.54) is 12.3 Å². The van der Waals surface area contributed by atoms with Crippen LogP contribution in [0.3, 0.4) is 0 Å². The lowest BCUT2D eigenvalue weighted by Gasteiger charge is -2.14. The zero-order valence-electron chi connectivity index (χ0n) is 11.3. The molecule has 0 bridgehead atoms. The summed E-state index contributed by atoms with van der Waals surface area (Å²) >= 11 is 0. The van der Waals surface area contributed by atoms with Crippen molar-refractivity contribution < 1.29 is 9.72 Å². The number of nitrogens with one attached hydrogen (secondary N) is 2. The van der Waals surface area contributed by atoms with Gasteiger partial charge in [-0.05, 0) is 25.8 Å². The number of rotatable bonds is 6. The molecule has 1 aromatic rings. The van der Waals surface area contributed by atoms with Gasteiger partial charge in [0.05, 0.1) is 4.92 Å². The molecule has 1 rings (SSSR count). The molecule has 0 aliphatic rings. The van der Waals surface area contributed by atoms with Gasteiger partial charge in [0.1, 0.15) is 6.04 Å². The summed E-state index contributed by atoms with van der Waals surface area (Å²) in [5.41, 5.74) is 0.565. The molecule has 1 aromatic heterocycles. The van der Waals surface area contributed by atoms with Crippen molar-refractivity contribution in [2.75, 3.05) is 11.9 Å². The molecular weight excluding hydrogens is 248 g/mol. The minimum Gasteiger partial charge on any atom is -0.354 e. The van der Waals surface area contributed by atoms with Crippen molar-refractivity contribution in [3.05, 3.63) is 27.9 Å². The van der Waals surface area contributed by atoms with Crippen LogP contribution >= 0.6 is 0 Å². The third-order valence-corrected chi connectivity index (χ3v) is 2.50. The molecule has 1 heterocycles. The van der Waals surface area contributed by atoms with Crippen molar-refractivity contribution in [2.45, 2.75) is 33.2 Å². The highest BCUT2D eigenvalue weighted by molar-refractivity contribution is 5.84. The van der Waals surface area contributed by atoms with Crippen molar-refractivity contribution >= 4 is 17.4 Å². The van der Waals surface area contributed by atoms with Gasteiger partial charge in [-0.2, -0.15) is 0 Å². The van der Waals surface area contributed by atoms with E-state index in [-0.39, 0.29) is 17.4 Å². The Labute approximate surface area is 111 Å². The number of hydrogen-bond acceptors (Lipinski definition) is 5. The summed E-state index contributed by atoms with van der Waals surface area (Å²) in [4.78, 5) is 26.1. The van der Waals surface area contributed by atoms with Gasteiger partial charge in [-0.25, -0.2) is 4.98 Å². The van der Waals surface area contributed by atoms with Crippen molar-refractivity contribution in [2.24, 2.45) is 0 Å². The fourth-order valence-electron chi connectivity index (χ4n) is 1.48. The largest absolute Gasteiger partial charge is 0.354 e. The Balaban J connectivity index is 2.81. The molecule has 1 unspecified atom stereocenters. The highest BCUT2D eigenvalue weighted by Crippen LogP contribution is 2.22. The number of aromatic nitrogens is 1.